The molecule has 176 valence electrons. The molecule has 0 unspecified atom stereocenters. The van der Waals surface area contributed by atoms with Crippen molar-refractivity contribution in [2.75, 3.05) is 0 Å². The second-order valence-electron chi connectivity index (χ2n) is 3.15. The van der Waals surface area contributed by atoms with Crippen LogP contribution in [0.1, 0.15) is 0 Å². The molecule has 0 rings (SSSR count). The summed E-state index contributed by atoms with van der Waals surface area (Å²) in [6.45, 7) is 0. The predicted molar refractivity (Wildman–Crippen MR) is 78.9 cm³/mol. The predicted octanol–water partition coefficient (Wildman–Crippen LogP) is -3.48. The second kappa shape index (κ2) is 13.2. The second-order valence-corrected chi connectivity index (χ2v) is 10.4. The van der Waals surface area contributed by atoms with Crippen molar-refractivity contribution in [1.82, 2.24) is 0 Å². The van der Waals surface area contributed by atoms with Crippen molar-refractivity contribution < 1.29 is 105 Å². The zero-order valence-corrected chi connectivity index (χ0v) is 17.6. The van der Waals surface area contributed by atoms with E-state index in [1.54, 1.807) is 0 Å². The average molecular weight is 552 g/mol. The fourth-order valence-electron chi connectivity index (χ4n) is 0.277. The van der Waals surface area contributed by atoms with Gasteiger partial charge < -0.3 is 68.5 Å². The summed E-state index contributed by atoms with van der Waals surface area (Å²) in [5, 5.41) is 0. The molecular formula is H14O22P6. The van der Waals surface area contributed by atoms with Crippen molar-refractivity contribution in [3.63, 3.8) is 0 Å². The highest BCUT2D eigenvalue weighted by atomic mass is 31.3. The summed E-state index contributed by atoms with van der Waals surface area (Å²) < 4.78 is 62.2. The summed E-state index contributed by atoms with van der Waals surface area (Å²) in [6, 6.07) is 0. The topological polar surface area (TPSA) is 404 Å². The van der Waals surface area contributed by atoms with E-state index >= 15 is 0 Å². The molecule has 0 spiro atoms. The highest BCUT2D eigenvalue weighted by Crippen LogP contribution is 2.54. The fourth-order valence-corrected chi connectivity index (χ4v) is 2.49. The lowest BCUT2D eigenvalue weighted by Gasteiger charge is -2.03. The first-order valence-electron chi connectivity index (χ1n) is 4.63. The van der Waals surface area contributed by atoms with Crippen molar-refractivity contribution >= 4 is 46.9 Å². The minimum Gasteiger partial charge on any atom is -0.303 e. The van der Waals surface area contributed by atoms with Gasteiger partial charge in [-0.3, -0.25) is 0 Å². The van der Waals surface area contributed by atoms with Crippen LogP contribution in [-0.2, 0) is 36.0 Å². The Labute approximate surface area is 152 Å². The van der Waals surface area contributed by atoms with E-state index in [0.29, 0.717) is 0 Å². The van der Waals surface area contributed by atoms with E-state index in [1.165, 1.54) is 0 Å². The number of rotatable bonds is 4. The molecule has 22 nitrogen and oxygen atoms in total. The van der Waals surface area contributed by atoms with Crippen LogP contribution in [-0.4, -0.2) is 68.5 Å². The zero-order chi connectivity index (χ0) is 24.4. The molecule has 0 aliphatic rings. The SMILES string of the molecule is O=P(O)(O)O.O=P(O)(O)O.O=P(O)(O)OP(=O)(O)O.O=P(O)(O)OP(=O)(O)O. The third-order valence-corrected chi connectivity index (χ3v) is 3.83. The minimum absolute atomic E-state index is 2.96. The molecule has 0 fully saturated rings. The molecule has 0 aromatic carbocycles. The number of hydrogen-bond acceptors (Lipinski definition) is 8. The van der Waals surface area contributed by atoms with E-state index in [0.717, 1.165) is 0 Å². The minimum atomic E-state index is -5.05. The summed E-state index contributed by atoms with van der Waals surface area (Å²) >= 11 is 0. The quantitative estimate of drug-likeness (QED) is 0.151. The van der Waals surface area contributed by atoms with Gasteiger partial charge >= 0.3 is 46.9 Å². The van der Waals surface area contributed by atoms with E-state index in [-0.39, 0.29) is 0 Å². The average Bonchev–Trinajstić information content (AvgIpc) is 1.95. The lowest BCUT2D eigenvalue weighted by atomic mass is 15.7. The summed E-state index contributed by atoms with van der Waals surface area (Å²) in [5.41, 5.74) is 0. The van der Waals surface area contributed by atoms with E-state index in [1.807, 2.05) is 0 Å². The maximum Gasteiger partial charge on any atom is 0.478 e. The van der Waals surface area contributed by atoms with E-state index in [4.69, 9.17) is 77.6 Å². The largest absolute Gasteiger partial charge is 0.478 e. The van der Waals surface area contributed by atoms with Crippen LogP contribution in [0.15, 0.2) is 0 Å². The van der Waals surface area contributed by atoms with Gasteiger partial charge in [-0.25, -0.2) is 27.4 Å². The van der Waals surface area contributed by atoms with Crippen LogP contribution in [0, 0.1) is 0 Å². The van der Waals surface area contributed by atoms with E-state index < -0.39 is 46.9 Å². The third kappa shape index (κ3) is 109. The van der Waals surface area contributed by atoms with Gasteiger partial charge in [0, 0.05) is 0 Å². The summed E-state index contributed by atoms with van der Waals surface area (Å²) in [7, 11) is -29.5. The summed E-state index contributed by atoms with van der Waals surface area (Å²) in [4.78, 5) is 105. The van der Waals surface area contributed by atoms with E-state index in [9.17, 15) is 18.3 Å². The first-order chi connectivity index (χ1) is 11.4. The molecule has 0 aromatic rings. The first kappa shape index (κ1) is 36.1. The molecular weight excluding hydrogens is 538 g/mol. The molecule has 0 saturated carbocycles. The molecule has 28 heteroatoms. The van der Waals surface area contributed by atoms with Crippen LogP contribution in [0.3, 0.4) is 0 Å². The van der Waals surface area contributed by atoms with Gasteiger partial charge in [0.1, 0.15) is 0 Å². The van der Waals surface area contributed by atoms with Crippen molar-refractivity contribution in [3.05, 3.63) is 0 Å². The van der Waals surface area contributed by atoms with Gasteiger partial charge in [0.2, 0.25) is 0 Å². The Bertz CT molecular complexity index is 569. The van der Waals surface area contributed by atoms with Crippen LogP contribution >= 0.6 is 46.9 Å². The Morgan fingerprint density at radius 3 is 0.393 bits per heavy atom. The molecule has 0 aliphatic heterocycles. The molecule has 14 N–H and O–H groups in total. The maximum absolute atomic E-state index is 9.63. The highest BCUT2D eigenvalue weighted by Gasteiger charge is 2.28. The van der Waals surface area contributed by atoms with Crippen LogP contribution < -0.4 is 0 Å². The van der Waals surface area contributed by atoms with Gasteiger partial charge in [-0.1, -0.05) is 0 Å². The molecule has 0 atom stereocenters. The zero-order valence-electron chi connectivity index (χ0n) is 12.2. The molecule has 0 aromatic heterocycles. The standard InChI is InChI=1S/2H4O7P2.2H3O4P/c2*1-8(2,3)7-9(4,5)6;2*1-5(2,3)4/h2*(H2,1,2,3)(H2,4,5,6);2*(H3,1,2,3,4). The van der Waals surface area contributed by atoms with Crippen LogP contribution in [0.4, 0.5) is 0 Å². The smallest absolute Gasteiger partial charge is 0.303 e. The van der Waals surface area contributed by atoms with E-state index in [2.05, 4.69) is 8.62 Å². The van der Waals surface area contributed by atoms with Gasteiger partial charge in [-0.05, 0) is 0 Å². The maximum atomic E-state index is 9.63. The molecule has 28 heavy (non-hydrogen) atoms. The number of phosphoric acid groups is 6. The van der Waals surface area contributed by atoms with Crippen molar-refractivity contribution in [2.24, 2.45) is 0 Å². The molecule has 0 aliphatic carbocycles. The molecule has 0 radical (unpaired) electrons. The number of hydrogen-bond donors (Lipinski definition) is 14. The molecule has 0 amide bonds. The van der Waals surface area contributed by atoms with Gasteiger partial charge in [0.15, 0.2) is 0 Å². The summed E-state index contributed by atoms with van der Waals surface area (Å²) in [5.74, 6) is 0. The van der Waals surface area contributed by atoms with Crippen LogP contribution in [0.2, 0.25) is 0 Å². The first-order valence-corrected chi connectivity index (χ1v) is 13.9. The van der Waals surface area contributed by atoms with Gasteiger partial charge in [-0.15, -0.1) is 0 Å². The Morgan fingerprint density at radius 2 is 0.393 bits per heavy atom. The van der Waals surface area contributed by atoms with Crippen molar-refractivity contribution in [1.29, 1.82) is 0 Å². The van der Waals surface area contributed by atoms with Crippen molar-refractivity contribution in [2.45, 2.75) is 0 Å². The Balaban J connectivity index is -0.000000143. The fraction of sp³-hybridized carbons (Fsp3) is 0. The Hall–Kier alpha value is 0.740. The lowest BCUT2D eigenvalue weighted by molar-refractivity contribution is 0.221. The van der Waals surface area contributed by atoms with Crippen LogP contribution in [0.5, 0.6) is 0 Å². The highest BCUT2D eigenvalue weighted by molar-refractivity contribution is 7.60. The molecule has 0 saturated heterocycles. The normalized spacial score (nSPS) is 13.1. The Morgan fingerprint density at radius 1 is 0.321 bits per heavy atom. The van der Waals surface area contributed by atoms with Crippen LogP contribution in [0.25, 0.3) is 0 Å². The Kier molecular flexibility index (Phi) is 17.1. The van der Waals surface area contributed by atoms with Gasteiger partial charge in [0.05, 0.1) is 0 Å². The van der Waals surface area contributed by atoms with Gasteiger partial charge in [0.25, 0.3) is 0 Å². The third-order valence-electron chi connectivity index (χ3n) is 0.425. The monoisotopic (exact) mass is 552 g/mol. The summed E-state index contributed by atoms with van der Waals surface area (Å²) in [6.07, 6.45) is 0. The van der Waals surface area contributed by atoms with Gasteiger partial charge in [-0.2, -0.15) is 8.62 Å². The molecule has 0 bridgehead atoms. The lowest BCUT2D eigenvalue weighted by Crippen LogP contribution is -1.84. The van der Waals surface area contributed by atoms with Crippen molar-refractivity contribution in [3.8, 4) is 0 Å². The molecule has 0 heterocycles.